The van der Waals surface area contributed by atoms with Gasteiger partial charge in [-0.3, -0.25) is 18.7 Å². The average molecular weight is 370 g/mol. The Hall–Kier alpha value is -2.87. The molecule has 1 N–H and O–H groups in total. The summed E-state index contributed by atoms with van der Waals surface area (Å²) in [4.78, 5) is 40.8. The summed E-state index contributed by atoms with van der Waals surface area (Å²) in [6.07, 6.45) is 1.47. The molecule has 0 saturated heterocycles. The van der Waals surface area contributed by atoms with Gasteiger partial charge in [-0.1, -0.05) is 30.3 Å². The lowest BCUT2D eigenvalue weighted by atomic mass is 10.2. The van der Waals surface area contributed by atoms with Crippen molar-refractivity contribution in [3.63, 3.8) is 0 Å². The Kier molecular flexibility index (Phi) is 5.22. The molecule has 0 fully saturated rings. The molecule has 134 valence electrons. The van der Waals surface area contributed by atoms with Crippen molar-refractivity contribution >= 4 is 34.4 Å². The van der Waals surface area contributed by atoms with Crippen LogP contribution < -0.4 is 16.6 Å². The first-order valence-electron chi connectivity index (χ1n) is 7.95. The van der Waals surface area contributed by atoms with Crippen LogP contribution >= 0.6 is 11.8 Å². The number of rotatable bonds is 5. The van der Waals surface area contributed by atoms with E-state index in [9.17, 15) is 14.4 Å². The second-order valence-electron chi connectivity index (χ2n) is 5.79. The van der Waals surface area contributed by atoms with E-state index >= 15 is 0 Å². The number of thioether (sulfide) groups is 1. The van der Waals surface area contributed by atoms with Crippen LogP contribution in [0.15, 0.2) is 52.2 Å². The van der Waals surface area contributed by atoms with E-state index in [1.54, 1.807) is 13.1 Å². The fraction of sp³-hybridized carbons (Fsp3) is 0.222. The molecule has 0 aliphatic rings. The van der Waals surface area contributed by atoms with Crippen molar-refractivity contribution < 1.29 is 4.79 Å². The first-order valence-corrected chi connectivity index (χ1v) is 9.10. The molecule has 0 unspecified atom stereocenters. The van der Waals surface area contributed by atoms with E-state index in [2.05, 4.69) is 10.3 Å². The molecule has 1 amide bonds. The third kappa shape index (κ3) is 3.55. The Labute approximate surface area is 153 Å². The van der Waals surface area contributed by atoms with Crippen molar-refractivity contribution in [2.75, 3.05) is 11.1 Å². The smallest absolute Gasteiger partial charge is 0.324 e. The van der Waals surface area contributed by atoms with Crippen molar-refractivity contribution in [3.05, 3.63) is 69.0 Å². The van der Waals surface area contributed by atoms with Gasteiger partial charge < -0.3 is 5.32 Å². The van der Waals surface area contributed by atoms with Gasteiger partial charge in [0.25, 0.3) is 5.56 Å². The maximum absolute atomic E-state index is 12.5. The van der Waals surface area contributed by atoms with Crippen LogP contribution in [0.3, 0.4) is 0 Å². The van der Waals surface area contributed by atoms with E-state index in [0.29, 0.717) is 5.69 Å². The van der Waals surface area contributed by atoms with Crippen LogP contribution in [0.5, 0.6) is 0 Å². The molecule has 0 radical (unpaired) electrons. The van der Waals surface area contributed by atoms with E-state index in [-0.39, 0.29) is 22.7 Å². The first-order chi connectivity index (χ1) is 12.5. The maximum atomic E-state index is 12.5. The standard InChI is InChI=1S/C18H18N4O3S/c1-21-16-15(17(24)22(2)18(21)25)13(8-9-19-16)20-14(23)11-26-10-12-6-4-3-5-7-12/h3-9H,10-11H2,1-2H3,(H,19,20,23). The molecule has 2 aromatic heterocycles. The van der Waals surface area contributed by atoms with Gasteiger partial charge in [0.1, 0.15) is 5.39 Å². The van der Waals surface area contributed by atoms with Crippen molar-refractivity contribution in [3.8, 4) is 0 Å². The number of aryl methyl sites for hydroxylation is 1. The molecular formula is C18H18N4O3S. The van der Waals surface area contributed by atoms with Gasteiger partial charge in [0.05, 0.1) is 11.4 Å². The quantitative estimate of drug-likeness (QED) is 0.736. The highest BCUT2D eigenvalue weighted by molar-refractivity contribution is 7.99. The lowest BCUT2D eigenvalue weighted by Gasteiger charge is -2.11. The first kappa shape index (κ1) is 17.9. The highest BCUT2D eigenvalue weighted by Gasteiger charge is 2.15. The minimum atomic E-state index is -0.483. The third-order valence-corrected chi connectivity index (χ3v) is 4.96. The van der Waals surface area contributed by atoms with Crippen LogP contribution in [0.4, 0.5) is 5.69 Å². The van der Waals surface area contributed by atoms with E-state index in [1.165, 1.54) is 29.6 Å². The molecule has 0 aliphatic heterocycles. The number of nitrogens with zero attached hydrogens (tertiary/aromatic N) is 3. The SMILES string of the molecule is Cn1c(=O)c2c(NC(=O)CSCc3ccccc3)ccnc2n(C)c1=O. The van der Waals surface area contributed by atoms with Crippen LogP contribution in [-0.2, 0) is 24.6 Å². The van der Waals surface area contributed by atoms with Gasteiger partial charge in [-0.05, 0) is 11.6 Å². The lowest BCUT2D eigenvalue weighted by Crippen LogP contribution is -2.37. The van der Waals surface area contributed by atoms with Crippen molar-refractivity contribution in [2.45, 2.75) is 5.75 Å². The molecule has 2 heterocycles. The average Bonchev–Trinajstić information content (AvgIpc) is 2.65. The second-order valence-corrected chi connectivity index (χ2v) is 6.78. The number of hydrogen-bond acceptors (Lipinski definition) is 5. The second kappa shape index (κ2) is 7.57. The summed E-state index contributed by atoms with van der Waals surface area (Å²) in [7, 11) is 2.94. The topological polar surface area (TPSA) is 86.0 Å². The Bertz CT molecular complexity index is 1070. The molecular weight excluding hydrogens is 352 g/mol. The van der Waals surface area contributed by atoms with E-state index in [0.717, 1.165) is 15.9 Å². The number of aromatic nitrogens is 3. The van der Waals surface area contributed by atoms with Gasteiger partial charge in [-0.25, -0.2) is 9.78 Å². The van der Waals surface area contributed by atoms with Crippen LogP contribution in [0.1, 0.15) is 5.56 Å². The zero-order chi connectivity index (χ0) is 18.7. The van der Waals surface area contributed by atoms with E-state index < -0.39 is 11.2 Å². The zero-order valence-electron chi connectivity index (χ0n) is 14.4. The van der Waals surface area contributed by atoms with Gasteiger partial charge in [0.15, 0.2) is 5.65 Å². The number of amides is 1. The lowest BCUT2D eigenvalue weighted by molar-refractivity contribution is -0.113. The number of carbonyl (C=O) groups excluding carboxylic acids is 1. The minimum absolute atomic E-state index is 0.214. The number of benzene rings is 1. The zero-order valence-corrected chi connectivity index (χ0v) is 15.2. The number of nitrogens with one attached hydrogen (secondary N) is 1. The highest BCUT2D eigenvalue weighted by atomic mass is 32.2. The summed E-state index contributed by atoms with van der Waals surface area (Å²) >= 11 is 1.49. The molecule has 3 rings (SSSR count). The van der Waals surface area contributed by atoms with Gasteiger partial charge >= 0.3 is 5.69 Å². The van der Waals surface area contributed by atoms with E-state index in [1.807, 2.05) is 30.3 Å². The minimum Gasteiger partial charge on any atom is -0.324 e. The molecule has 8 heteroatoms. The monoisotopic (exact) mass is 370 g/mol. The number of hydrogen-bond donors (Lipinski definition) is 1. The Morgan fingerprint density at radius 3 is 2.58 bits per heavy atom. The molecule has 0 aliphatic carbocycles. The Morgan fingerprint density at radius 2 is 1.85 bits per heavy atom. The number of pyridine rings is 1. The molecule has 0 saturated carbocycles. The summed E-state index contributed by atoms with van der Waals surface area (Å²) < 4.78 is 2.29. The van der Waals surface area contributed by atoms with Gasteiger partial charge in [-0.2, -0.15) is 0 Å². The maximum Gasteiger partial charge on any atom is 0.332 e. The molecule has 7 nitrogen and oxygen atoms in total. The van der Waals surface area contributed by atoms with Crippen LogP contribution in [0.2, 0.25) is 0 Å². The predicted molar refractivity (Wildman–Crippen MR) is 103 cm³/mol. The van der Waals surface area contributed by atoms with Crippen molar-refractivity contribution in [1.82, 2.24) is 14.1 Å². The van der Waals surface area contributed by atoms with Crippen LogP contribution in [0.25, 0.3) is 11.0 Å². The fourth-order valence-electron chi connectivity index (χ4n) is 2.61. The van der Waals surface area contributed by atoms with Crippen LogP contribution in [-0.4, -0.2) is 25.8 Å². The molecule has 0 bridgehead atoms. The number of carbonyl (C=O) groups is 1. The van der Waals surface area contributed by atoms with E-state index in [4.69, 9.17) is 0 Å². The summed E-state index contributed by atoms with van der Waals surface area (Å²) in [5.74, 6) is 0.765. The van der Waals surface area contributed by atoms with Crippen molar-refractivity contribution in [1.29, 1.82) is 0 Å². The van der Waals surface area contributed by atoms with Crippen molar-refractivity contribution in [2.24, 2.45) is 14.1 Å². The summed E-state index contributed by atoms with van der Waals surface area (Å²) in [6.45, 7) is 0. The summed E-state index contributed by atoms with van der Waals surface area (Å²) in [5.41, 5.74) is 0.799. The number of fused-ring (bicyclic) bond motifs is 1. The molecule has 0 spiro atoms. The van der Waals surface area contributed by atoms with Gasteiger partial charge in [-0.15, -0.1) is 11.8 Å². The van der Waals surface area contributed by atoms with Gasteiger partial charge in [0.2, 0.25) is 5.91 Å². The Morgan fingerprint density at radius 1 is 1.12 bits per heavy atom. The third-order valence-electron chi connectivity index (χ3n) is 3.96. The normalized spacial score (nSPS) is 10.8. The Balaban J connectivity index is 1.79. The largest absolute Gasteiger partial charge is 0.332 e. The molecule has 26 heavy (non-hydrogen) atoms. The number of anilines is 1. The van der Waals surface area contributed by atoms with Crippen LogP contribution in [0, 0.1) is 0 Å². The molecule has 1 aromatic carbocycles. The fourth-order valence-corrected chi connectivity index (χ4v) is 3.40. The molecule has 3 aromatic rings. The molecule has 0 atom stereocenters. The summed E-state index contributed by atoms with van der Waals surface area (Å²) in [5, 5.41) is 2.98. The highest BCUT2D eigenvalue weighted by Crippen LogP contribution is 2.17. The summed E-state index contributed by atoms with van der Waals surface area (Å²) in [6, 6.07) is 11.4. The predicted octanol–water partition coefficient (Wildman–Crippen LogP) is 1.50. The van der Waals surface area contributed by atoms with Gasteiger partial charge in [0, 0.05) is 26.0 Å².